The van der Waals surface area contributed by atoms with E-state index in [1.54, 1.807) is 31.4 Å². The first-order valence-corrected chi connectivity index (χ1v) is 8.26. The third-order valence-corrected chi connectivity index (χ3v) is 5.04. The largest absolute Gasteiger partial charge is 0.497 e. The van der Waals surface area contributed by atoms with Gasteiger partial charge in [-0.05, 0) is 61.8 Å². The van der Waals surface area contributed by atoms with Crippen LogP contribution in [-0.4, -0.2) is 18.7 Å². The van der Waals surface area contributed by atoms with Crippen molar-refractivity contribution in [2.24, 2.45) is 16.9 Å². The second-order valence-electron chi connectivity index (χ2n) is 6.39. The first-order valence-electron chi connectivity index (χ1n) is 8.26. The summed E-state index contributed by atoms with van der Waals surface area (Å²) < 4.78 is 5.10. The number of ether oxygens (including phenoxy) is 1. The van der Waals surface area contributed by atoms with E-state index in [1.807, 2.05) is 0 Å². The smallest absolute Gasteiger partial charge is 0.271 e. The van der Waals surface area contributed by atoms with Gasteiger partial charge in [-0.1, -0.05) is 19.3 Å². The number of methoxy groups -OCH3 is 1. The molecule has 2 aliphatic carbocycles. The molecule has 2 aliphatic rings. The highest BCUT2D eigenvalue weighted by Gasteiger charge is 2.30. The Bertz CT molecular complexity index is 551. The number of benzene rings is 1. The Labute approximate surface area is 131 Å². The molecule has 0 aliphatic heterocycles. The molecule has 118 valence electrons. The number of carbonyl (C=O) groups excluding carboxylic acids is 1. The molecule has 2 atom stereocenters. The van der Waals surface area contributed by atoms with Crippen molar-refractivity contribution in [2.75, 3.05) is 7.11 Å². The molecule has 1 amide bonds. The average molecular weight is 300 g/mol. The predicted molar refractivity (Wildman–Crippen MR) is 87.2 cm³/mol. The zero-order chi connectivity index (χ0) is 15.4. The molecular weight excluding hydrogens is 276 g/mol. The van der Waals surface area contributed by atoms with Crippen molar-refractivity contribution in [1.29, 1.82) is 0 Å². The summed E-state index contributed by atoms with van der Waals surface area (Å²) in [4.78, 5) is 12.1. The number of hydrogen-bond donors (Lipinski definition) is 1. The Kier molecular flexibility index (Phi) is 4.76. The Balaban J connectivity index is 1.57. The number of nitrogens with one attached hydrogen (secondary N) is 1. The predicted octanol–water partition coefficient (Wildman–Crippen LogP) is 3.77. The van der Waals surface area contributed by atoms with Gasteiger partial charge in [0.2, 0.25) is 0 Å². The van der Waals surface area contributed by atoms with E-state index in [4.69, 9.17) is 4.74 Å². The molecule has 0 unspecified atom stereocenters. The molecule has 1 aromatic carbocycles. The second kappa shape index (κ2) is 6.95. The molecule has 0 aromatic heterocycles. The normalized spacial score (nSPS) is 26.3. The van der Waals surface area contributed by atoms with Gasteiger partial charge in [0.05, 0.1) is 7.11 Å². The van der Waals surface area contributed by atoms with Crippen LogP contribution < -0.4 is 10.2 Å². The van der Waals surface area contributed by atoms with Crippen molar-refractivity contribution in [3.8, 4) is 5.75 Å². The SMILES string of the molecule is COc1ccc(C(=O)N/N=C2/CC[C@H]3CCCC[C@@H]3C2)cc1. The van der Waals surface area contributed by atoms with Crippen molar-refractivity contribution in [2.45, 2.75) is 44.9 Å². The van der Waals surface area contributed by atoms with Gasteiger partial charge in [0.15, 0.2) is 0 Å². The van der Waals surface area contributed by atoms with Gasteiger partial charge in [-0.25, -0.2) is 5.43 Å². The van der Waals surface area contributed by atoms with E-state index < -0.39 is 0 Å². The summed E-state index contributed by atoms with van der Waals surface area (Å²) in [5.41, 5.74) is 4.48. The van der Waals surface area contributed by atoms with Gasteiger partial charge in [0.25, 0.3) is 5.91 Å². The molecule has 0 heterocycles. The number of hydrazone groups is 1. The minimum Gasteiger partial charge on any atom is -0.497 e. The zero-order valence-electron chi connectivity index (χ0n) is 13.2. The molecule has 22 heavy (non-hydrogen) atoms. The highest BCUT2D eigenvalue weighted by Crippen LogP contribution is 2.39. The molecule has 0 spiro atoms. The highest BCUT2D eigenvalue weighted by atomic mass is 16.5. The van der Waals surface area contributed by atoms with Crippen LogP contribution in [0.5, 0.6) is 5.75 Å². The highest BCUT2D eigenvalue weighted by molar-refractivity contribution is 5.95. The molecular formula is C18H24N2O2. The third kappa shape index (κ3) is 3.49. The lowest BCUT2D eigenvalue weighted by atomic mass is 9.70. The summed E-state index contributed by atoms with van der Waals surface area (Å²) in [6.45, 7) is 0. The van der Waals surface area contributed by atoms with Crippen molar-refractivity contribution in [3.05, 3.63) is 29.8 Å². The number of amides is 1. The van der Waals surface area contributed by atoms with Crippen LogP contribution in [0.4, 0.5) is 0 Å². The van der Waals surface area contributed by atoms with E-state index in [0.29, 0.717) is 5.56 Å². The van der Waals surface area contributed by atoms with Gasteiger partial charge in [0, 0.05) is 11.3 Å². The Morgan fingerprint density at radius 1 is 1.14 bits per heavy atom. The molecule has 1 N–H and O–H groups in total. The van der Waals surface area contributed by atoms with Crippen LogP contribution in [0.2, 0.25) is 0 Å². The van der Waals surface area contributed by atoms with E-state index in [1.165, 1.54) is 32.1 Å². The summed E-state index contributed by atoms with van der Waals surface area (Å²) in [5, 5.41) is 4.38. The fourth-order valence-corrected chi connectivity index (χ4v) is 3.73. The van der Waals surface area contributed by atoms with Crippen LogP contribution in [0.15, 0.2) is 29.4 Å². The monoisotopic (exact) mass is 300 g/mol. The van der Waals surface area contributed by atoms with Gasteiger partial charge >= 0.3 is 0 Å². The lowest BCUT2D eigenvalue weighted by Crippen LogP contribution is -2.29. The summed E-state index contributed by atoms with van der Waals surface area (Å²) in [7, 11) is 1.61. The molecule has 1 aromatic rings. The maximum Gasteiger partial charge on any atom is 0.271 e. The van der Waals surface area contributed by atoms with Gasteiger partial charge in [-0.3, -0.25) is 4.79 Å². The van der Waals surface area contributed by atoms with E-state index in [9.17, 15) is 4.79 Å². The van der Waals surface area contributed by atoms with Crippen LogP contribution in [0, 0.1) is 11.8 Å². The number of fused-ring (bicyclic) bond motifs is 1. The molecule has 4 heteroatoms. The van der Waals surface area contributed by atoms with Crippen LogP contribution in [0.1, 0.15) is 55.3 Å². The third-order valence-electron chi connectivity index (χ3n) is 5.04. The van der Waals surface area contributed by atoms with E-state index >= 15 is 0 Å². The molecule has 3 rings (SSSR count). The molecule has 0 radical (unpaired) electrons. The number of carbonyl (C=O) groups is 1. The fraction of sp³-hybridized carbons (Fsp3) is 0.556. The van der Waals surface area contributed by atoms with Gasteiger partial charge < -0.3 is 4.74 Å². The van der Waals surface area contributed by atoms with Crippen molar-refractivity contribution in [1.82, 2.24) is 5.43 Å². The number of rotatable bonds is 3. The van der Waals surface area contributed by atoms with Gasteiger partial charge in [0.1, 0.15) is 5.75 Å². The number of hydrogen-bond acceptors (Lipinski definition) is 3. The molecule has 2 fully saturated rings. The number of nitrogens with zero attached hydrogens (tertiary/aromatic N) is 1. The first kappa shape index (κ1) is 15.1. The average Bonchev–Trinajstić information content (AvgIpc) is 2.59. The molecule has 4 nitrogen and oxygen atoms in total. The van der Waals surface area contributed by atoms with E-state index in [2.05, 4.69) is 10.5 Å². The fourth-order valence-electron chi connectivity index (χ4n) is 3.73. The minimum atomic E-state index is -0.152. The summed E-state index contributed by atoms with van der Waals surface area (Å²) >= 11 is 0. The van der Waals surface area contributed by atoms with Crippen LogP contribution in [0.25, 0.3) is 0 Å². The Morgan fingerprint density at radius 3 is 2.59 bits per heavy atom. The maximum atomic E-state index is 12.1. The summed E-state index contributed by atoms with van der Waals surface area (Å²) in [6.07, 6.45) is 8.79. The first-order chi connectivity index (χ1) is 10.8. The Morgan fingerprint density at radius 2 is 1.86 bits per heavy atom. The Hall–Kier alpha value is -1.84. The maximum absolute atomic E-state index is 12.1. The van der Waals surface area contributed by atoms with Crippen molar-refractivity contribution >= 4 is 11.6 Å². The van der Waals surface area contributed by atoms with Crippen LogP contribution in [0.3, 0.4) is 0 Å². The van der Waals surface area contributed by atoms with Crippen molar-refractivity contribution in [3.63, 3.8) is 0 Å². The summed E-state index contributed by atoms with van der Waals surface area (Å²) in [5.74, 6) is 2.28. The van der Waals surface area contributed by atoms with Gasteiger partial charge in [-0.15, -0.1) is 0 Å². The topological polar surface area (TPSA) is 50.7 Å². The lowest BCUT2D eigenvalue weighted by molar-refractivity contribution is 0.0954. The van der Waals surface area contributed by atoms with E-state index in [0.717, 1.165) is 36.1 Å². The van der Waals surface area contributed by atoms with Crippen LogP contribution in [-0.2, 0) is 0 Å². The van der Waals surface area contributed by atoms with Gasteiger partial charge in [-0.2, -0.15) is 5.10 Å². The standard InChI is InChI=1S/C18H24N2O2/c1-22-17-10-7-14(8-11-17)18(21)20-19-16-9-6-13-4-2-3-5-15(13)12-16/h7-8,10-11,13,15H,2-6,9,12H2,1H3,(H,20,21)/b19-16-/t13-,15-/m1/s1. The lowest BCUT2D eigenvalue weighted by Gasteiger charge is -2.35. The van der Waals surface area contributed by atoms with Crippen LogP contribution >= 0.6 is 0 Å². The molecule has 0 saturated heterocycles. The summed E-state index contributed by atoms with van der Waals surface area (Å²) in [6, 6.07) is 7.09. The zero-order valence-corrected chi connectivity index (χ0v) is 13.2. The van der Waals surface area contributed by atoms with Crippen molar-refractivity contribution < 1.29 is 9.53 Å². The van der Waals surface area contributed by atoms with E-state index in [-0.39, 0.29) is 5.91 Å². The minimum absolute atomic E-state index is 0.152. The quantitative estimate of drug-likeness (QED) is 0.864. The molecule has 0 bridgehead atoms. The second-order valence-corrected chi connectivity index (χ2v) is 6.39. The molecule has 2 saturated carbocycles.